The minimum absolute atomic E-state index is 0.0468. The topological polar surface area (TPSA) is 71.5 Å². The molecule has 0 spiro atoms. The van der Waals surface area contributed by atoms with Gasteiger partial charge in [-0.15, -0.1) is 0 Å². The summed E-state index contributed by atoms with van der Waals surface area (Å²) in [5.41, 5.74) is 5.41. The Bertz CT molecular complexity index is 1030. The van der Waals surface area contributed by atoms with Gasteiger partial charge in [-0.2, -0.15) is 8.75 Å². The number of fused-ring (bicyclic) bond motifs is 2. The van der Waals surface area contributed by atoms with Crippen LogP contribution >= 0.6 is 11.7 Å². The first-order valence-electron chi connectivity index (χ1n) is 9.23. The van der Waals surface area contributed by atoms with Gasteiger partial charge >= 0.3 is 0 Å². The molecule has 146 valence electrons. The highest BCUT2D eigenvalue weighted by molar-refractivity contribution is 7.00. The van der Waals surface area contributed by atoms with E-state index in [1.807, 2.05) is 37.9 Å². The third-order valence-electron chi connectivity index (χ3n) is 4.98. The van der Waals surface area contributed by atoms with Crippen molar-refractivity contribution < 1.29 is 9.53 Å². The van der Waals surface area contributed by atoms with Crippen molar-refractivity contribution in [2.24, 2.45) is 0 Å². The molecule has 2 aromatic heterocycles. The Morgan fingerprint density at radius 1 is 1.21 bits per heavy atom. The van der Waals surface area contributed by atoms with E-state index in [1.54, 1.807) is 7.11 Å². The van der Waals surface area contributed by atoms with Gasteiger partial charge in [0.2, 0.25) is 5.88 Å². The van der Waals surface area contributed by atoms with Gasteiger partial charge in [0.05, 0.1) is 36.6 Å². The van der Waals surface area contributed by atoms with Crippen LogP contribution in [0.25, 0.3) is 11.0 Å². The SMILES string of the molecule is COc1nc2c(cc1CN(C)Cc1ccc3nsnc3c1)C(=O)N(C(C)C)C2. The van der Waals surface area contributed by atoms with E-state index in [4.69, 9.17) is 4.74 Å². The van der Waals surface area contributed by atoms with Crippen LogP contribution in [0.5, 0.6) is 5.88 Å². The van der Waals surface area contributed by atoms with Crippen LogP contribution in [0.4, 0.5) is 0 Å². The number of hydrogen-bond acceptors (Lipinski definition) is 7. The number of benzene rings is 1. The Hall–Kier alpha value is -2.58. The van der Waals surface area contributed by atoms with Gasteiger partial charge in [0, 0.05) is 24.7 Å². The number of hydrogen-bond donors (Lipinski definition) is 0. The Kier molecular flexibility index (Phi) is 4.99. The molecule has 1 aliphatic heterocycles. The lowest BCUT2D eigenvalue weighted by molar-refractivity contribution is 0.0730. The molecule has 0 saturated carbocycles. The first-order chi connectivity index (χ1) is 13.5. The second-order valence-electron chi connectivity index (χ2n) is 7.44. The summed E-state index contributed by atoms with van der Waals surface area (Å²) in [5.74, 6) is 0.633. The van der Waals surface area contributed by atoms with E-state index in [0.717, 1.165) is 34.4 Å². The third-order valence-corrected chi connectivity index (χ3v) is 5.54. The first-order valence-corrected chi connectivity index (χ1v) is 9.96. The van der Waals surface area contributed by atoms with E-state index >= 15 is 0 Å². The van der Waals surface area contributed by atoms with Crippen molar-refractivity contribution in [1.29, 1.82) is 0 Å². The van der Waals surface area contributed by atoms with Crippen LogP contribution in [-0.2, 0) is 19.6 Å². The summed E-state index contributed by atoms with van der Waals surface area (Å²) in [6.07, 6.45) is 0. The zero-order valence-corrected chi connectivity index (χ0v) is 17.3. The van der Waals surface area contributed by atoms with Crippen molar-refractivity contribution in [2.75, 3.05) is 14.2 Å². The van der Waals surface area contributed by atoms with Gasteiger partial charge in [0.15, 0.2) is 0 Å². The van der Waals surface area contributed by atoms with Crippen molar-refractivity contribution in [1.82, 2.24) is 23.5 Å². The standard InChI is InChI=1S/C20H23N5O2S/c1-12(2)25-11-18-15(20(25)26)8-14(19(21-18)27-4)10-24(3)9-13-5-6-16-17(7-13)23-28-22-16/h5-8,12H,9-11H2,1-4H3. The lowest BCUT2D eigenvalue weighted by Gasteiger charge is -2.19. The van der Waals surface area contributed by atoms with Gasteiger partial charge < -0.3 is 9.64 Å². The van der Waals surface area contributed by atoms with Gasteiger partial charge in [-0.3, -0.25) is 9.69 Å². The Morgan fingerprint density at radius 3 is 2.75 bits per heavy atom. The average Bonchev–Trinajstić information content (AvgIpc) is 3.25. The van der Waals surface area contributed by atoms with E-state index in [0.29, 0.717) is 24.5 Å². The minimum Gasteiger partial charge on any atom is -0.481 e. The summed E-state index contributed by atoms with van der Waals surface area (Å²) >= 11 is 1.23. The number of nitrogens with zero attached hydrogens (tertiary/aromatic N) is 5. The van der Waals surface area contributed by atoms with Crippen LogP contribution in [-0.4, -0.2) is 49.6 Å². The smallest absolute Gasteiger partial charge is 0.256 e. The maximum Gasteiger partial charge on any atom is 0.256 e. The normalized spacial score (nSPS) is 13.8. The average molecular weight is 398 g/mol. The number of carbonyl (C=O) groups is 1. The summed E-state index contributed by atoms with van der Waals surface area (Å²) in [7, 11) is 3.66. The highest BCUT2D eigenvalue weighted by atomic mass is 32.1. The van der Waals surface area contributed by atoms with Crippen LogP contribution in [0.15, 0.2) is 24.3 Å². The maximum absolute atomic E-state index is 12.7. The van der Waals surface area contributed by atoms with E-state index in [2.05, 4.69) is 30.8 Å². The molecule has 1 aromatic carbocycles. The van der Waals surface area contributed by atoms with Crippen molar-refractivity contribution >= 4 is 28.7 Å². The molecule has 4 rings (SSSR count). The Balaban J connectivity index is 1.54. The van der Waals surface area contributed by atoms with Crippen molar-refractivity contribution in [3.05, 3.63) is 46.6 Å². The fourth-order valence-electron chi connectivity index (χ4n) is 3.56. The quantitative estimate of drug-likeness (QED) is 0.637. The molecule has 1 aliphatic rings. The summed E-state index contributed by atoms with van der Waals surface area (Å²) in [6.45, 7) is 5.96. The molecule has 0 atom stereocenters. The predicted octanol–water partition coefficient (Wildman–Crippen LogP) is 3.09. The number of amides is 1. The van der Waals surface area contributed by atoms with Gasteiger partial charge in [-0.05, 0) is 44.7 Å². The minimum atomic E-state index is 0.0468. The number of aromatic nitrogens is 3. The van der Waals surface area contributed by atoms with E-state index in [9.17, 15) is 4.79 Å². The monoisotopic (exact) mass is 397 g/mol. The fraction of sp³-hybridized carbons (Fsp3) is 0.400. The van der Waals surface area contributed by atoms with Crippen LogP contribution in [0, 0.1) is 0 Å². The zero-order valence-electron chi connectivity index (χ0n) is 16.5. The summed E-state index contributed by atoms with van der Waals surface area (Å²) in [6, 6.07) is 8.23. The number of ether oxygens (including phenoxy) is 1. The molecule has 0 fully saturated rings. The lowest BCUT2D eigenvalue weighted by Crippen LogP contribution is -2.30. The predicted molar refractivity (Wildman–Crippen MR) is 108 cm³/mol. The van der Waals surface area contributed by atoms with Crippen molar-refractivity contribution in [3.63, 3.8) is 0 Å². The maximum atomic E-state index is 12.7. The van der Waals surface area contributed by atoms with Crippen molar-refractivity contribution in [3.8, 4) is 5.88 Å². The van der Waals surface area contributed by atoms with Gasteiger partial charge in [0.25, 0.3) is 5.91 Å². The molecule has 3 heterocycles. The third kappa shape index (κ3) is 3.45. The second-order valence-corrected chi connectivity index (χ2v) is 7.97. The summed E-state index contributed by atoms with van der Waals surface area (Å²) < 4.78 is 14.1. The highest BCUT2D eigenvalue weighted by Crippen LogP contribution is 2.29. The van der Waals surface area contributed by atoms with E-state index in [-0.39, 0.29) is 11.9 Å². The van der Waals surface area contributed by atoms with Gasteiger partial charge in [-0.1, -0.05) is 6.07 Å². The Labute approximate surface area is 168 Å². The molecule has 0 unspecified atom stereocenters. The first kappa shape index (κ1) is 18.8. The van der Waals surface area contributed by atoms with E-state index in [1.165, 1.54) is 11.7 Å². The molecule has 0 saturated heterocycles. The molecule has 0 N–H and O–H groups in total. The molecule has 0 radical (unpaired) electrons. The molecule has 28 heavy (non-hydrogen) atoms. The molecular weight excluding hydrogens is 374 g/mol. The number of pyridine rings is 1. The number of carbonyl (C=O) groups excluding carboxylic acids is 1. The van der Waals surface area contributed by atoms with Crippen molar-refractivity contribution in [2.45, 2.75) is 39.5 Å². The molecule has 1 amide bonds. The zero-order chi connectivity index (χ0) is 19.8. The van der Waals surface area contributed by atoms with Gasteiger partial charge in [-0.25, -0.2) is 4.98 Å². The van der Waals surface area contributed by atoms with E-state index < -0.39 is 0 Å². The lowest BCUT2D eigenvalue weighted by atomic mass is 10.1. The molecule has 7 nitrogen and oxygen atoms in total. The second kappa shape index (κ2) is 7.44. The van der Waals surface area contributed by atoms with Crippen LogP contribution in [0.3, 0.4) is 0 Å². The largest absolute Gasteiger partial charge is 0.481 e. The number of methoxy groups -OCH3 is 1. The molecule has 0 aliphatic carbocycles. The van der Waals surface area contributed by atoms with Crippen LogP contribution in [0.1, 0.15) is 41.0 Å². The summed E-state index contributed by atoms with van der Waals surface area (Å²) in [5, 5.41) is 0. The Morgan fingerprint density at radius 2 is 2.00 bits per heavy atom. The molecule has 3 aromatic rings. The number of rotatable bonds is 6. The highest BCUT2D eigenvalue weighted by Gasteiger charge is 2.31. The molecule has 0 bridgehead atoms. The molecular formula is C20H23N5O2S. The summed E-state index contributed by atoms with van der Waals surface area (Å²) in [4.78, 5) is 21.3. The van der Waals surface area contributed by atoms with Crippen LogP contribution < -0.4 is 4.74 Å². The molecule has 8 heteroatoms. The van der Waals surface area contributed by atoms with Gasteiger partial charge in [0.1, 0.15) is 11.0 Å². The fourth-order valence-corrected chi connectivity index (χ4v) is 4.08. The van der Waals surface area contributed by atoms with Crippen LogP contribution in [0.2, 0.25) is 0 Å².